The average molecular weight is 350 g/mol. The first-order valence-corrected chi connectivity index (χ1v) is 8.36. The summed E-state index contributed by atoms with van der Waals surface area (Å²) in [5.74, 6) is 0. The van der Waals surface area contributed by atoms with Gasteiger partial charge in [-0.25, -0.2) is 9.59 Å². The molecule has 1 aromatic carbocycles. The molecule has 7 heteroatoms. The highest BCUT2D eigenvalue weighted by Gasteiger charge is 2.37. The van der Waals surface area contributed by atoms with Crippen molar-refractivity contribution in [2.75, 3.05) is 13.2 Å². The number of carbonyl (C=O) groups is 2. The highest BCUT2D eigenvalue weighted by molar-refractivity contribution is 5.70. The van der Waals surface area contributed by atoms with Crippen molar-refractivity contribution in [1.29, 1.82) is 0 Å². The van der Waals surface area contributed by atoms with Gasteiger partial charge in [-0.15, -0.1) is 0 Å². The zero-order valence-electron chi connectivity index (χ0n) is 14.9. The van der Waals surface area contributed by atoms with E-state index in [1.54, 1.807) is 20.8 Å². The summed E-state index contributed by atoms with van der Waals surface area (Å²) >= 11 is 0. The minimum absolute atomic E-state index is 0.179. The number of nitrogens with one attached hydrogen (secondary N) is 1. The molecule has 1 aromatic rings. The van der Waals surface area contributed by atoms with E-state index in [4.69, 9.17) is 9.47 Å². The van der Waals surface area contributed by atoms with E-state index in [2.05, 4.69) is 5.32 Å². The van der Waals surface area contributed by atoms with Crippen LogP contribution in [0, 0.1) is 0 Å². The van der Waals surface area contributed by atoms with Crippen LogP contribution in [0.3, 0.4) is 0 Å². The van der Waals surface area contributed by atoms with Crippen LogP contribution < -0.4 is 5.32 Å². The Labute approximate surface area is 147 Å². The molecule has 7 nitrogen and oxygen atoms in total. The minimum Gasteiger partial charge on any atom is -0.445 e. The molecule has 1 aliphatic heterocycles. The summed E-state index contributed by atoms with van der Waals surface area (Å²) in [5.41, 5.74) is 0.282. The van der Waals surface area contributed by atoms with E-state index in [9.17, 15) is 14.7 Å². The smallest absolute Gasteiger partial charge is 0.410 e. The van der Waals surface area contributed by atoms with Crippen LogP contribution in [-0.4, -0.2) is 53.0 Å². The molecule has 2 atom stereocenters. The Morgan fingerprint density at radius 3 is 2.56 bits per heavy atom. The minimum atomic E-state index is -0.614. The number of hydrogen-bond donors (Lipinski definition) is 2. The Balaban J connectivity index is 1.84. The molecule has 2 amide bonds. The molecular formula is C18H26N2O5. The Bertz CT molecular complexity index is 585. The molecule has 1 aliphatic rings. The monoisotopic (exact) mass is 350 g/mol. The number of hydrogen-bond acceptors (Lipinski definition) is 5. The van der Waals surface area contributed by atoms with Gasteiger partial charge in [-0.05, 0) is 32.8 Å². The van der Waals surface area contributed by atoms with Crippen LogP contribution in [0.15, 0.2) is 30.3 Å². The van der Waals surface area contributed by atoms with Crippen LogP contribution in [0.25, 0.3) is 0 Å². The molecule has 1 fully saturated rings. The molecule has 0 saturated carbocycles. The van der Waals surface area contributed by atoms with Crippen LogP contribution in [0.4, 0.5) is 9.59 Å². The molecule has 0 aromatic heterocycles. The number of likely N-dealkylation sites (tertiary alicyclic amines) is 1. The zero-order chi connectivity index (χ0) is 18.4. The van der Waals surface area contributed by atoms with Gasteiger partial charge in [0.2, 0.25) is 0 Å². The van der Waals surface area contributed by atoms with Crippen LogP contribution >= 0.6 is 0 Å². The van der Waals surface area contributed by atoms with Crippen molar-refractivity contribution in [3.05, 3.63) is 35.9 Å². The van der Waals surface area contributed by atoms with Gasteiger partial charge in [0.1, 0.15) is 12.2 Å². The normalized spacial score (nSPS) is 20.2. The van der Waals surface area contributed by atoms with E-state index < -0.39 is 17.8 Å². The molecule has 1 saturated heterocycles. The van der Waals surface area contributed by atoms with Crippen molar-refractivity contribution in [2.45, 2.75) is 51.5 Å². The fourth-order valence-corrected chi connectivity index (χ4v) is 2.67. The summed E-state index contributed by atoms with van der Waals surface area (Å²) in [6, 6.07) is 8.71. The van der Waals surface area contributed by atoms with E-state index in [1.807, 2.05) is 30.3 Å². The summed E-state index contributed by atoms with van der Waals surface area (Å²) < 4.78 is 10.5. The molecule has 2 rings (SSSR count). The fraction of sp³-hybridized carbons (Fsp3) is 0.556. The molecule has 0 spiro atoms. The second kappa shape index (κ2) is 8.20. The largest absolute Gasteiger partial charge is 0.445 e. The first-order chi connectivity index (χ1) is 11.8. The van der Waals surface area contributed by atoms with Gasteiger partial charge in [0.05, 0.1) is 18.7 Å². The number of benzene rings is 1. The lowest BCUT2D eigenvalue weighted by molar-refractivity contribution is 0.0173. The van der Waals surface area contributed by atoms with Gasteiger partial charge in [0.15, 0.2) is 0 Å². The van der Waals surface area contributed by atoms with Crippen LogP contribution in [0.5, 0.6) is 0 Å². The van der Waals surface area contributed by atoms with Gasteiger partial charge in [-0.1, -0.05) is 30.3 Å². The Kier molecular flexibility index (Phi) is 6.25. The Morgan fingerprint density at radius 1 is 1.28 bits per heavy atom. The number of aliphatic hydroxyl groups excluding tert-OH is 1. The van der Waals surface area contributed by atoms with Crippen molar-refractivity contribution >= 4 is 12.2 Å². The van der Waals surface area contributed by atoms with Gasteiger partial charge in [0.25, 0.3) is 0 Å². The van der Waals surface area contributed by atoms with Gasteiger partial charge in [-0.2, -0.15) is 0 Å². The third-order valence-corrected chi connectivity index (χ3v) is 3.79. The number of aliphatic hydroxyl groups is 1. The number of amides is 2. The first-order valence-electron chi connectivity index (χ1n) is 8.36. The van der Waals surface area contributed by atoms with Gasteiger partial charge >= 0.3 is 12.2 Å². The first kappa shape index (κ1) is 19.1. The van der Waals surface area contributed by atoms with E-state index in [1.165, 1.54) is 4.90 Å². The van der Waals surface area contributed by atoms with Gasteiger partial charge < -0.3 is 24.8 Å². The molecule has 0 aliphatic carbocycles. The number of ether oxygens (including phenoxy) is 2. The molecule has 0 unspecified atom stereocenters. The summed E-state index contributed by atoms with van der Waals surface area (Å²) in [6.07, 6.45) is -0.582. The molecule has 25 heavy (non-hydrogen) atoms. The summed E-state index contributed by atoms with van der Waals surface area (Å²) in [6.45, 7) is 5.62. The highest BCUT2D eigenvalue weighted by atomic mass is 16.6. The second-order valence-corrected chi connectivity index (χ2v) is 7.11. The lowest BCUT2D eigenvalue weighted by Gasteiger charge is -2.27. The molecule has 2 N–H and O–H groups in total. The highest BCUT2D eigenvalue weighted by Crippen LogP contribution is 2.21. The van der Waals surface area contributed by atoms with Crippen molar-refractivity contribution in [3.8, 4) is 0 Å². The van der Waals surface area contributed by atoms with E-state index in [0.29, 0.717) is 6.42 Å². The predicted octanol–water partition coefficient (Wildman–Crippen LogP) is 2.28. The number of alkyl carbamates (subject to hydrolysis) is 1. The van der Waals surface area contributed by atoms with E-state index in [0.717, 1.165) is 5.56 Å². The average Bonchev–Trinajstić information content (AvgIpc) is 2.95. The summed E-state index contributed by atoms with van der Waals surface area (Å²) in [5, 5.41) is 12.2. The van der Waals surface area contributed by atoms with Crippen molar-refractivity contribution in [3.63, 3.8) is 0 Å². The van der Waals surface area contributed by atoms with Crippen molar-refractivity contribution < 1.29 is 24.2 Å². The predicted molar refractivity (Wildman–Crippen MR) is 92.0 cm³/mol. The maximum atomic E-state index is 12.2. The molecule has 0 bridgehead atoms. The van der Waals surface area contributed by atoms with Crippen LogP contribution in [-0.2, 0) is 16.1 Å². The third kappa shape index (κ3) is 5.94. The third-order valence-electron chi connectivity index (χ3n) is 3.79. The quantitative estimate of drug-likeness (QED) is 0.870. The topological polar surface area (TPSA) is 88.1 Å². The van der Waals surface area contributed by atoms with E-state index >= 15 is 0 Å². The number of nitrogens with zero attached hydrogens (tertiary/aromatic N) is 1. The summed E-state index contributed by atoms with van der Waals surface area (Å²) in [4.78, 5) is 25.6. The maximum Gasteiger partial charge on any atom is 0.410 e. The molecule has 0 radical (unpaired) electrons. The van der Waals surface area contributed by atoms with Crippen molar-refractivity contribution in [1.82, 2.24) is 10.2 Å². The SMILES string of the molecule is CC(C)(C)OC(=O)N1C[C@@H](NC(=O)OCc2ccccc2)C[C@H]1CO. The Morgan fingerprint density at radius 2 is 1.96 bits per heavy atom. The number of carbonyl (C=O) groups excluding carboxylic acids is 2. The summed E-state index contributed by atoms with van der Waals surface area (Å²) in [7, 11) is 0. The lowest BCUT2D eigenvalue weighted by Crippen LogP contribution is -2.42. The maximum absolute atomic E-state index is 12.2. The van der Waals surface area contributed by atoms with Crippen LogP contribution in [0.1, 0.15) is 32.8 Å². The fourth-order valence-electron chi connectivity index (χ4n) is 2.67. The van der Waals surface area contributed by atoms with Crippen LogP contribution in [0.2, 0.25) is 0 Å². The molecule has 1 heterocycles. The van der Waals surface area contributed by atoms with Gasteiger partial charge in [0, 0.05) is 6.54 Å². The molecular weight excluding hydrogens is 324 g/mol. The zero-order valence-corrected chi connectivity index (χ0v) is 14.9. The Hall–Kier alpha value is -2.28. The second-order valence-electron chi connectivity index (χ2n) is 7.11. The lowest BCUT2D eigenvalue weighted by atomic mass is 10.2. The standard InChI is InChI=1S/C18H26N2O5/c1-18(2,3)25-17(23)20-10-14(9-15(20)11-21)19-16(22)24-12-13-7-5-4-6-8-13/h4-8,14-15,21H,9-12H2,1-3H3,(H,19,22)/t14-,15-/m0/s1. The van der Waals surface area contributed by atoms with E-state index in [-0.39, 0.29) is 31.8 Å². The molecule has 138 valence electrons. The number of rotatable bonds is 4. The van der Waals surface area contributed by atoms with Crippen molar-refractivity contribution in [2.24, 2.45) is 0 Å². The van der Waals surface area contributed by atoms with Gasteiger partial charge in [-0.3, -0.25) is 0 Å².